The van der Waals surface area contributed by atoms with Crippen LogP contribution in [0.5, 0.6) is 0 Å². The number of nitrogens with zero attached hydrogens (tertiary/aromatic N) is 1. The van der Waals surface area contributed by atoms with Crippen molar-refractivity contribution in [2.24, 2.45) is 0 Å². The van der Waals surface area contributed by atoms with E-state index in [1.54, 1.807) is 11.3 Å². The van der Waals surface area contributed by atoms with E-state index in [9.17, 15) is 0 Å². The van der Waals surface area contributed by atoms with Gasteiger partial charge in [0.1, 0.15) is 0 Å². The molecule has 2 rings (SSSR count). The Bertz CT molecular complexity index is 496. The Hall–Kier alpha value is -0.680. The zero-order valence-corrected chi connectivity index (χ0v) is 13.7. The number of hydrogen-bond donors (Lipinski definition) is 1. The molecule has 2 aromatic rings. The molecule has 0 aliphatic heterocycles. The lowest BCUT2D eigenvalue weighted by molar-refractivity contribution is 0.341. The molecule has 2 nitrogen and oxygen atoms in total. The lowest BCUT2D eigenvalue weighted by atomic mass is 10.1. The van der Waals surface area contributed by atoms with E-state index >= 15 is 0 Å². The average molecular weight is 339 g/mol. The van der Waals surface area contributed by atoms with Crippen LogP contribution in [0, 0.1) is 0 Å². The van der Waals surface area contributed by atoms with Gasteiger partial charge in [0.05, 0.1) is 3.79 Å². The molecule has 1 unspecified atom stereocenters. The highest BCUT2D eigenvalue weighted by Gasteiger charge is 2.12. The Morgan fingerprint density at radius 2 is 1.89 bits per heavy atom. The summed E-state index contributed by atoms with van der Waals surface area (Å²) in [5.74, 6) is 0. The van der Waals surface area contributed by atoms with Gasteiger partial charge < -0.3 is 10.2 Å². The predicted molar refractivity (Wildman–Crippen MR) is 86.6 cm³/mol. The smallest absolute Gasteiger partial charge is 0.0701 e. The first-order valence-electron chi connectivity index (χ1n) is 6.32. The molecule has 102 valence electrons. The number of likely N-dealkylation sites (N-methyl/N-ethyl adjacent to an activating group) is 1. The van der Waals surface area contributed by atoms with Gasteiger partial charge in [-0.15, -0.1) is 11.3 Å². The maximum atomic E-state index is 3.64. The fourth-order valence-electron chi connectivity index (χ4n) is 2.01. The van der Waals surface area contributed by atoms with Crippen molar-refractivity contribution in [1.29, 1.82) is 0 Å². The molecule has 0 amide bonds. The highest BCUT2D eigenvalue weighted by Crippen LogP contribution is 2.23. The molecule has 0 saturated carbocycles. The fraction of sp³-hybridized carbons (Fsp3) is 0.333. The molecule has 1 aromatic carbocycles. The molecule has 0 saturated heterocycles. The number of rotatable bonds is 6. The molecule has 1 aromatic heterocycles. The van der Waals surface area contributed by atoms with Crippen LogP contribution in [0.15, 0.2) is 46.3 Å². The molecular formula is C15H19BrN2S. The van der Waals surface area contributed by atoms with Crippen molar-refractivity contribution in [3.8, 4) is 0 Å². The van der Waals surface area contributed by atoms with Crippen LogP contribution in [0.3, 0.4) is 0 Å². The summed E-state index contributed by atoms with van der Waals surface area (Å²) in [5.41, 5.74) is 1.34. The van der Waals surface area contributed by atoms with Crippen molar-refractivity contribution in [1.82, 2.24) is 10.2 Å². The topological polar surface area (TPSA) is 15.3 Å². The Labute approximate surface area is 127 Å². The van der Waals surface area contributed by atoms with Crippen LogP contribution < -0.4 is 5.32 Å². The third-order valence-electron chi connectivity index (χ3n) is 2.90. The molecule has 1 N–H and O–H groups in total. The van der Waals surface area contributed by atoms with Crippen LogP contribution in [-0.2, 0) is 6.54 Å². The van der Waals surface area contributed by atoms with Gasteiger partial charge in [-0.3, -0.25) is 0 Å². The summed E-state index contributed by atoms with van der Waals surface area (Å²) in [6, 6.07) is 15.3. The van der Waals surface area contributed by atoms with Gasteiger partial charge in [0.25, 0.3) is 0 Å². The van der Waals surface area contributed by atoms with Crippen LogP contribution in [0.2, 0.25) is 0 Å². The van der Waals surface area contributed by atoms with Crippen molar-refractivity contribution in [3.63, 3.8) is 0 Å². The average Bonchev–Trinajstić information content (AvgIpc) is 2.81. The Balaban J connectivity index is 2.02. The van der Waals surface area contributed by atoms with Crippen LogP contribution in [-0.4, -0.2) is 25.5 Å². The minimum atomic E-state index is 0.358. The standard InChI is InChI=1S/C15H19BrN2S/c1-18(2)11-14(12-6-4-3-5-7-12)17-10-13-8-9-15(16)19-13/h3-9,14,17H,10-11H2,1-2H3. The van der Waals surface area contributed by atoms with E-state index in [2.05, 4.69) is 82.7 Å². The summed E-state index contributed by atoms with van der Waals surface area (Å²) in [4.78, 5) is 3.57. The first kappa shape index (κ1) is 14.7. The summed E-state index contributed by atoms with van der Waals surface area (Å²) in [6.07, 6.45) is 0. The molecule has 0 bridgehead atoms. The van der Waals surface area contributed by atoms with E-state index < -0.39 is 0 Å². The minimum Gasteiger partial charge on any atom is -0.308 e. The van der Waals surface area contributed by atoms with E-state index in [4.69, 9.17) is 0 Å². The number of nitrogens with one attached hydrogen (secondary N) is 1. The second-order valence-corrected chi connectivity index (χ2v) is 7.36. The van der Waals surface area contributed by atoms with Gasteiger partial charge in [-0.1, -0.05) is 30.3 Å². The third kappa shape index (κ3) is 4.73. The molecule has 0 radical (unpaired) electrons. The van der Waals surface area contributed by atoms with Crippen LogP contribution in [0.1, 0.15) is 16.5 Å². The number of benzene rings is 1. The van der Waals surface area contributed by atoms with Crippen LogP contribution >= 0.6 is 27.3 Å². The Morgan fingerprint density at radius 3 is 2.47 bits per heavy atom. The lowest BCUT2D eigenvalue weighted by Crippen LogP contribution is -2.30. The summed E-state index contributed by atoms with van der Waals surface area (Å²) in [7, 11) is 4.22. The van der Waals surface area contributed by atoms with E-state index in [1.807, 2.05) is 0 Å². The van der Waals surface area contributed by atoms with E-state index in [0.29, 0.717) is 6.04 Å². The van der Waals surface area contributed by atoms with Gasteiger partial charge >= 0.3 is 0 Å². The largest absolute Gasteiger partial charge is 0.308 e. The van der Waals surface area contributed by atoms with Crippen molar-refractivity contribution in [3.05, 3.63) is 56.7 Å². The molecule has 1 atom stereocenters. The van der Waals surface area contributed by atoms with E-state index in [1.165, 1.54) is 14.2 Å². The maximum absolute atomic E-state index is 3.64. The third-order valence-corrected chi connectivity index (χ3v) is 4.52. The van der Waals surface area contributed by atoms with Gasteiger partial charge in [-0.05, 0) is 47.7 Å². The minimum absolute atomic E-state index is 0.358. The van der Waals surface area contributed by atoms with Crippen molar-refractivity contribution >= 4 is 27.3 Å². The van der Waals surface area contributed by atoms with Gasteiger partial charge in [0.2, 0.25) is 0 Å². The molecule has 0 spiro atoms. The molecule has 4 heteroatoms. The molecule has 0 aliphatic rings. The monoisotopic (exact) mass is 338 g/mol. The van der Waals surface area contributed by atoms with Crippen molar-refractivity contribution < 1.29 is 0 Å². The number of thiophene rings is 1. The van der Waals surface area contributed by atoms with Crippen molar-refractivity contribution in [2.75, 3.05) is 20.6 Å². The summed E-state index contributed by atoms with van der Waals surface area (Å²) in [6.45, 7) is 1.90. The zero-order valence-electron chi connectivity index (χ0n) is 11.3. The first-order chi connectivity index (χ1) is 9.15. The van der Waals surface area contributed by atoms with Gasteiger partial charge in [-0.25, -0.2) is 0 Å². The van der Waals surface area contributed by atoms with E-state index in [0.717, 1.165) is 13.1 Å². The second kappa shape index (κ2) is 7.20. The Morgan fingerprint density at radius 1 is 1.16 bits per heavy atom. The molecule has 0 fully saturated rings. The summed E-state index contributed by atoms with van der Waals surface area (Å²) in [5, 5.41) is 3.64. The van der Waals surface area contributed by atoms with Crippen LogP contribution in [0.25, 0.3) is 0 Å². The lowest BCUT2D eigenvalue weighted by Gasteiger charge is -2.22. The van der Waals surface area contributed by atoms with Gasteiger partial charge in [0, 0.05) is 24.0 Å². The normalized spacial score (nSPS) is 12.8. The summed E-state index contributed by atoms with van der Waals surface area (Å²) < 4.78 is 1.19. The van der Waals surface area contributed by atoms with Crippen molar-refractivity contribution in [2.45, 2.75) is 12.6 Å². The fourth-order valence-corrected chi connectivity index (χ4v) is 3.44. The second-order valence-electron chi connectivity index (χ2n) is 4.81. The summed E-state index contributed by atoms with van der Waals surface area (Å²) >= 11 is 5.29. The molecule has 19 heavy (non-hydrogen) atoms. The predicted octanol–water partition coefficient (Wildman–Crippen LogP) is 3.90. The quantitative estimate of drug-likeness (QED) is 0.859. The number of hydrogen-bond acceptors (Lipinski definition) is 3. The van der Waals surface area contributed by atoms with Gasteiger partial charge in [-0.2, -0.15) is 0 Å². The molecule has 1 heterocycles. The van der Waals surface area contributed by atoms with Crippen LogP contribution in [0.4, 0.5) is 0 Å². The zero-order chi connectivity index (χ0) is 13.7. The highest BCUT2D eigenvalue weighted by atomic mass is 79.9. The number of halogens is 1. The Kier molecular flexibility index (Phi) is 5.58. The first-order valence-corrected chi connectivity index (χ1v) is 7.93. The molecular weight excluding hydrogens is 320 g/mol. The maximum Gasteiger partial charge on any atom is 0.0701 e. The van der Waals surface area contributed by atoms with Gasteiger partial charge in [0.15, 0.2) is 0 Å². The highest BCUT2D eigenvalue weighted by molar-refractivity contribution is 9.11. The van der Waals surface area contributed by atoms with E-state index in [-0.39, 0.29) is 0 Å². The molecule has 0 aliphatic carbocycles. The SMILES string of the molecule is CN(C)CC(NCc1ccc(Br)s1)c1ccccc1.